The lowest BCUT2D eigenvalue weighted by Gasteiger charge is -2.35. The topological polar surface area (TPSA) is 50.8 Å². The Morgan fingerprint density at radius 1 is 1.00 bits per heavy atom. The number of carbonyl (C=O) groups is 1. The number of ether oxygens (including phenoxy) is 2. The maximum absolute atomic E-state index is 13.0. The van der Waals surface area contributed by atoms with Crippen LogP contribution in [0.5, 0.6) is 5.75 Å². The first kappa shape index (κ1) is 21.1. The molecule has 5 heteroatoms. The molecule has 0 aromatic heterocycles. The smallest absolute Gasteiger partial charge is 0.256 e. The van der Waals surface area contributed by atoms with Gasteiger partial charge in [-0.1, -0.05) is 32.6 Å². The van der Waals surface area contributed by atoms with Gasteiger partial charge in [0.1, 0.15) is 18.0 Å². The van der Waals surface area contributed by atoms with Crippen molar-refractivity contribution in [2.75, 3.05) is 38.2 Å². The number of rotatable bonds is 9. The minimum Gasteiger partial charge on any atom is -0.492 e. The highest BCUT2D eigenvalue weighted by Gasteiger charge is 2.40. The van der Waals surface area contributed by atoms with Crippen molar-refractivity contribution in [2.24, 2.45) is 0 Å². The van der Waals surface area contributed by atoms with Crippen LogP contribution in [0.1, 0.15) is 64.7 Å². The van der Waals surface area contributed by atoms with Gasteiger partial charge in [0.15, 0.2) is 0 Å². The van der Waals surface area contributed by atoms with Gasteiger partial charge in [0, 0.05) is 18.8 Å². The normalized spacial score (nSPS) is 19.9. The summed E-state index contributed by atoms with van der Waals surface area (Å²) in [6.45, 7) is 6.79. The second-order valence-electron chi connectivity index (χ2n) is 8.13. The molecule has 1 aliphatic carbocycles. The molecular weight excluding hydrogens is 352 g/mol. The average Bonchev–Trinajstić information content (AvgIpc) is 2.75. The number of amides is 1. The quantitative estimate of drug-likeness (QED) is 0.671. The zero-order chi connectivity index (χ0) is 19.7. The third-order valence-electron chi connectivity index (χ3n) is 5.89. The van der Waals surface area contributed by atoms with E-state index in [1.54, 1.807) is 0 Å². The fourth-order valence-electron chi connectivity index (χ4n) is 4.21. The summed E-state index contributed by atoms with van der Waals surface area (Å²) in [4.78, 5) is 15.4. The van der Waals surface area contributed by atoms with E-state index in [0.717, 1.165) is 50.1 Å². The highest BCUT2D eigenvalue weighted by Crippen LogP contribution is 2.33. The number of piperidine rings is 1. The van der Waals surface area contributed by atoms with Crippen molar-refractivity contribution in [1.29, 1.82) is 0 Å². The van der Waals surface area contributed by atoms with E-state index in [1.807, 2.05) is 24.3 Å². The molecule has 1 aromatic rings. The molecule has 1 aliphatic heterocycles. The Hall–Kier alpha value is -1.59. The van der Waals surface area contributed by atoms with Crippen LogP contribution in [0.15, 0.2) is 24.3 Å². The minimum atomic E-state index is -0.655. The Labute approximate surface area is 169 Å². The summed E-state index contributed by atoms with van der Waals surface area (Å²) in [6.07, 6.45) is 9.83. The van der Waals surface area contributed by atoms with Crippen molar-refractivity contribution in [3.63, 3.8) is 0 Å². The van der Waals surface area contributed by atoms with Crippen LogP contribution in [0.4, 0.5) is 5.69 Å². The van der Waals surface area contributed by atoms with Gasteiger partial charge in [-0.25, -0.2) is 0 Å². The lowest BCUT2D eigenvalue weighted by atomic mass is 9.83. The summed E-state index contributed by atoms with van der Waals surface area (Å²) in [7, 11) is 0. The van der Waals surface area contributed by atoms with Gasteiger partial charge in [-0.05, 0) is 69.5 Å². The molecule has 1 heterocycles. The highest BCUT2D eigenvalue weighted by atomic mass is 16.5. The standard InChI is InChI=1S/C23H36N2O3/c1-2-18-28-23(13-5-3-6-14-23)22(26)24-20-9-11-21(12-10-20)27-19-17-25-15-7-4-8-16-25/h9-12H,2-8,13-19H2,1H3,(H,24,26). The molecule has 2 fully saturated rings. The van der Waals surface area contributed by atoms with E-state index in [2.05, 4.69) is 17.1 Å². The van der Waals surface area contributed by atoms with Gasteiger partial charge in [0.05, 0.1) is 0 Å². The van der Waals surface area contributed by atoms with Gasteiger partial charge < -0.3 is 14.8 Å². The molecule has 28 heavy (non-hydrogen) atoms. The van der Waals surface area contributed by atoms with Crippen LogP contribution in [0.3, 0.4) is 0 Å². The molecule has 1 amide bonds. The van der Waals surface area contributed by atoms with Gasteiger partial charge in [-0.2, -0.15) is 0 Å². The summed E-state index contributed by atoms with van der Waals surface area (Å²) >= 11 is 0. The molecule has 0 radical (unpaired) electrons. The molecule has 1 saturated heterocycles. The van der Waals surface area contributed by atoms with Crippen LogP contribution in [-0.4, -0.2) is 49.3 Å². The molecule has 1 N–H and O–H groups in total. The number of likely N-dealkylation sites (tertiary alicyclic amines) is 1. The SMILES string of the molecule is CCCOC1(C(=O)Nc2ccc(OCCN3CCCCC3)cc2)CCCCC1. The van der Waals surface area contributed by atoms with E-state index >= 15 is 0 Å². The molecule has 0 atom stereocenters. The Morgan fingerprint density at radius 3 is 2.36 bits per heavy atom. The number of carbonyl (C=O) groups excluding carboxylic acids is 1. The number of benzene rings is 1. The zero-order valence-corrected chi connectivity index (χ0v) is 17.4. The molecule has 0 spiro atoms. The largest absolute Gasteiger partial charge is 0.492 e. The van der Waals surface area contributed by atoms with Gasteiger partial charge in [0.25, 0.3) is 5.91 Å². The highest BCUT2D eigenvalue weighted by molar-refractivity contribution is 5.97. The van der Waals surface area contributed by atoms with Crippen molar-refractivity contribution in [3.8, 4) is 5.75 Å². The molecule has 2 aliphatic rings. The predicted molar refractivity (Wildman–Crippen MR) is 113 cm³/mol. The Morgan fingerprint density at radius 2 is 1.68 bits per heavy atom. The lowest BCUT2D eigenvalue weighted by molar-refractivity contribution is -0.146. The fourth-order valence-corrected chi connectivity index (χ4v) is 4.21. The third-order valence-corrected chi connectivity index (χ3v) is 5.89. The molecule has 3 rings (SSSR count). The van der Waals surface area contributed by atoms with Crippen molar-refractivity contribution < 1.29 is 14.3 Å². The van der Waals surface area contributed by atoms with E-state index in [0.29, 0.717) is 13.2 Å². The number of hydrogen-bond donors (Lipinski definition) is 1. The van der Waals surface area contributed by atoms with Crippen LogP contribution in [0.2, 0.25) is 0 Å². The van der Waals surface area contributed by atoms with Crippen molar-refractivity contribution in [2.45, 2.75) is 70.3 Å². The summed E-state index contributed by atoms with van der Waals surface area (Å²) in [5.74, 6) is 0.851. The monoisotopic (exact) mass is 388 g/mol. The predicted octanol–water partition coefficient (Wildman–Crippen LogP) is 4.62. The van der Waals surface area contributed by atoms with Gasteiger partial charge in [-0.3, -0.25) is 9.69 Å². The average molecular weight is 389 g/mol. The van der Waals surface area contributed by atoms with E-state index in [9.17, 15) is 4.79 Å². The van der Waals surface area contributed by atoms with Crippen molar-refractivity contribution in [1.82, 2.24) is 4.90 Å². The maximum atomic E-state index is 13.0. The van der Waals surface area contributed by atoms with Crippen LogP contribution in [0.25, 0.3) is 0 Å². The molecule has 156 valence electrons. The zero-order valence-electron chi connectivity index (χ0n) is 17.4. The summed E-state index contributed by atoms with van der Waals surface area (Å²) in [5.41, 5.74) is 0.149. The number of nitrogens with zero attached hydrogens (tertiary/aromatic N) is 1. The van der Waals surface area contributed by atoms with Crippen LogP contribution in [-0.2, 0) is 9.53 Å². The van der Waals surface area contributed by atoms with Gasteiger partial charge in [-0.15, -0.1) is 0 Å². The number of hydrogen-bond acceptors (Lipinski definition) is 4. The van der Waals surface area contributed by atoms with Crippen LogP contribution >= 0.6 is 0 Å². The van der Waals surface area contributed by atoms with Crippen LogP contribution < -0.4 is 10.1 Å². The molecule has 1 aromatic carbocycles. The van der Waals surface area contributed by atoms with Crippen molar-refractivity contribution in [3.05, 3.63) is 24.3 Å². The van der Waals surface area contributed by atoms with E-state index < -0.39 is 5.60 Å². The second kappa shape index (κ2) is 10.8. The number of anilines is 1. The Balaban J connectivity index is 1.48. The fraction of sp³-hybridized carbons (Fsp3) is 0.696. The number of nitrogens with one attached hydrogen (secondary N) is 1. The van der Waals surface area contributed by atoms with E-state index in [-0.39, 0.29) is 5.91 Å². The van der Waals surface area contributed by atoms with Gasteiger partial charge in [0.2, 0.25) is 0 Å². The van der Waals surface area contributed by atoms with E-state index in [4.69, 9.17) is 9.47 Å². The first-order valence-corrected chi connectivity index (χ1v) is 11.1. The van der Waals surface area contributed by atoms with Crippen LogP contribution in [0, 0.1) is 0 Å². The first-order chi connectivity index (χ1) is 13.7. The summed E-state index contributed by atoms with van der Waals surface area (Å²) in [5, 5.41) is 3.07. The molecule has 0 bridgehead atoms. The molecule has 1 saturated carbocycles. The second-order valence-corrected chi connectivity index (χ2v) is 8.13. The first-order valence-electron chi connectivity index (χ1n) is 11.1. The minimum absolute atomic E-state index is 0.000540. The Kier molecular flexibility index (Phi) is 8.16. The van der Waals surface area contributed by atoms with Crippen molar-refractivity contribution >= 4 is 11.6 Å². The maximum Gasteiger partial charge on any atom is 0.256 e. The lowest BCUT2D eigenvalue weighted by Crippen LogP contribution is -2.47. The van der Waals surface area contributed by atoms with E-state index in [1.165, 1.54) is 38.8 Å². The Bertz CT molecular complexity index is 590. The summed E-state index contributed by atoms with van der Waals surface area (Å²) < 4.78 is 11.9. The molecular formula is C23H36N2O3. The molecule has 5 nitrogen and oxygen atoms in total. The molecule has 0 unspecified atom stereocenters. The third kappa shape index (κ3) is 5.95. The van der Waals surface area contributed by atoms with Gasteiger partial charge >= 0.3 is 0 Å². The summed E-state index contributed by atoms with van der Waals surface area (Å²) in [6, 6.07) is 7.72.